The van der Waals surface area contributed by atoms with Crippen molar-refractivity contribution in [2.45, 2.75) is 51.2 Å². The quantitative estimate of drug-likeness (QED) is 0.151. The number of aromatic nitrogens is 1. The van der Waals surface area contributed by atoms with Crippen LogP contribution in [0, 0.1) is 17.1 Å². The number of likely N-dealkylation sites (tertiary alicyclic amines) is 1. The number of fused-ring (bicyclic) bond motifs is 1. The minimum atomic E-state index is -0.383. The van der Waals surface area contributed by atoms with Crippen molar-refractivity contribution < 1.29 is 4.39 Å². The lowest BCUT2D eigenvalue weighted by atomic mass is 9.98. The van der Waals surface area contributed by atoms with E-state index in [1.807, 2.05) is 36.4 Å². The Labute approximate surface area is 286 Å². The summed E-state index contributed by atoms with van der Waals surface area (Å²) in [6.45, 7) is 8.86. The highest BCUT2D eigenvalue weighted by Crippen LogP contribution is 2.38. The first-order valence-electron chi connectivity index (χ1n) is 15.0. The van der Waals surface area contributed by atoms with Gasteiger partial charge in [-0.2, -0.15) is 5.26 Å². The zero-order valence-corrected chi connectivity index (χ0v) is 28.7. The van der Waals surface area contributed by atoms with E-state index in [-0.39, 0.29) is 17.4 Å². The van der Waals surface area contributed by atoms with Crippen molar-refractivity contribution in [3.05, 3.63) is 104 Å². The highest BCUT2D eigenvalue weighted by molar-refractivity contribution is 9.10. The molecule has 0 radical (unpaired) electrons. The van der Waals surface area contributed by atoms with Gasteiger partial charge in [-0.1, -0.05) is 35.3 Å². The van der Waals surface area contributed by atoms with Crippen LogP contribution in [-0.2, 0) is 0 Å². The first-order valence-corrected chi connectivity index (χ1v) is 16.6. The van der Waals surface area contributed by atoms with Crippen LogP contribution in [0.3, 0.4) is 0 Å². The van der Waals surface area contributed by atoms with Crippen LogP contribution in [0.4, 0.5) is 21.5 Å². The fraction of sp³-hybridized carbons (Fsp3) is 0.294. The number of nitriles is 1. The highest BCUT2D eigenvalue weighted by atomic mass is 79.9. The van der Waals surface area contributed by atoms with Crippen LogP contribution in [0.15, 0.2) is 77.2 Å². The first-order chi connectivity index (χ1) is 22.0. The number of nitrogens with zero attached hydrogens (tertiary/aromatic N) is 4. The molecule has 3 heterocycles. The lowest BCUT2D eigenvalue weighted by Gasteiger charge is -2.42. The molecule has 2 aliphatic rings. The monoisotopic (exact) mass is 722 g/mol. The van der Waals surface area contributed by atoms with Gasteiger partial charge in [0.25, 0.3) is 0 Å². The number of piperidine rings is 1. The van der Waals surface area contributed by atoms with Gasteiger partial charge in [0.1, 0.15) is 11.9 Å². The van der Waals surface area contributed by atoms with E-state index in [1.165, 1.54) is 12.3 Å². The SMILES string of the molecule is CC(C)(C)N1CCC(N2C=C([C@@H](Nc3cc(Cl)c4ncc(C#N)c(Nc5ccc(F)c(Br)c5)c4c3)c3ccc(Cl)cc3)NN2)CC1. The number of benzene rings is 3. The van der Waals surface area contributed by atoms with Crippen molar-refractivity contribution in [3.63, 3.8) is 0 Å². The van der Waals surface area contributed by atoms with Gasteiger partial charge in [-0.05, 0) is 97.6 Å². The van der Waals surface area contributed by atoms with Crippen LogP contribution in [0.1, 0.15) is 50.8 Å². The Morgan fingerprint density at radius 1 is 1.07 bits per heavy atom. The number of halogens is 4. The third kappa shape index (κ3) is 6.89. The summed E-state index contributed by atoms with van der Waals surface area (Å²) in [5.74, 6) is -0.383. The molecule has 1 saturated heterocycles. The molecule has 0 spiro atoms. The maximum Gasteiger partial charge on any atom is 0.137 e. The summed E-state index contributed by atoms with van der Waals surface area (Å²) in [5, 5.41) is 20.8. The molecule has 1 atom stereocenters. The molecular formula is C34H34BrCl2FN8. The molecule has 8 nitrogen and oxygen atoms in total. The lowest BCUT2D eigenvalue weighted by molar-refractivity contribution is 0.0570. The number of anilines is 3. The van der Waals surface area contributed by atoms with E-state index in [0.29, 0.717) is 48.4 Å². The zero-order valence-electron chi connectivity index (χ0n) is 25.6. The van der Waals surface area contributed by atoms with E-state index in [1.54, 1.807) is 12.1 Å². The molecule has 1 aromatic heterocycles. The molecule has 4 aromatic rings. The summed E-state index contributed by atoms with van der Waals surface area (Å²) in [4.78, 5) is 7.01. The van der Waals surface area contributed by atoms with Gasteiger partial charge in [0.05, 0.1) is 38.0 Å². The maximum absolute atomic E-state index is 14.0. The Hall–Kier alpha value is -3.59. The van der Waals surface area contributed by atoms with Gasteiger partial charge in [-0.25, -0.2) is 4.39 Å². The number of hydrogen-bond donors (Lipinski definition) is 4. The Morgan fingerprint density at radius 2 is 1.80 bits per heavy atom. The Bertz CT molecular complexity index is 1830. The zero-order chi connectivity index (χ0) is 32.6. The first kappa shape index (κ1) is 32.4. The molecular weight excluding hydrogens is 690 g/mol. The Morgan fingerprint density at radius 3 is 2.48 bits per heavy atom. The van der Waals surface area contributed by atoms with Crippen molar-refractivity contribution >= 4 is 67.1 Å². The summed E-state index contributed by atoms with van der Waals surface area (Å²) in [6, 6.07) is 18.3. The summed E-state index contributed by atoms with van der Waals surface area (Å²) in [5.41, 5.74) is 11.5. The molecule has 46 heavy (non-hydrogen) atoms. The van der Waals surface area contributed by atoms with Crippen LogP contribution < -0.4 is 21.6 Å². The molecule has 6 rings (SSSR count). The Kier molecular flexibility index (Phi) is 9.33. The topological polar surface area (TPSA) is 91.3 Å². The molecule has 3 aromatic carbocycles. The molecule has 4 N–H and O–H groups in total. The number of nitrogens with one attached hydrogen (secondary N) is 4. The third-order valence-corrected chi connectivity index (χ3v) is 9.62. The van der Waals surface area contributed by atoms with E-state index < -0.39 is 0 Å². The van der Waals surface area contributed by atoms with Gasteiger partial charge in [0.15, 0.2) is 0 Å². The van der Waals surface area contributed by atoms with Gasteiger partial charge in [0, 0.05) is 58.9 Å². The number of hydrazine groups is 2. The van der Waals surface area contributed by atoms with Crippen molar-refractivity contribution in [2.75, 3.05) is 23.7 Å². The van der Waals surface area contributed by atoms with Crippen molar-refractivity contribution in [2.24, 2.45) is 0 Å². The van der Waals surface area contributed by atoms with Gasteiger partial charge in [-0.15, -0.1) is 5.53 Å². The minimum absolute atomic E-state index is 0.155. The fourth-order valence-corrected chi connectivity index (χ4v) is 6.72. The molecule has 0 saturated carbocycles. The molecule has 0 bridgehead atoms. The van der Waals surface area contributed by atoms with E-state index in [9.17, 15) is 9.65 Å². The van der Waals surface area contributed by atoms with E-state index >= 15 is 0 Å². The normalized spacial score (nSPS) is 16.6. The second-order valence-electron chi connectivity index (χ2n) is 12.5. The predicted molar refractivity (Wildman–Crippen MR) is 187 cm³/mol. The van der Waals surface area contributed by atoms with E-state index in [4.69, 9.17) is 23.2 Å². The van der Waals surface area contributed by atoms with E-state index in [2.05, 4.69) is 85.5 Å². The highest BCUT2D eigenvalue weighted by Gasteiger charge is 2.32. The van der Waals surface area contributed by atoms with Gasteiger partial charge < -0.3 is 16.1 Å². The summed E-state index contributed by atoms with van der Waals surface area (Å²) in [7, 11) is 0. The molecule has 2 aliphatic heterocycles. The standard InChI is InChI=1S/C34H34BrCl2FN8/c1-34(2,3)45-12-10-25(11-13-45)46-19-30(43-44-46)32(20-4-6-22(36)7-5-20)42-24-14-26-31(41-23-8-9-29(38)27(35)15-23)21(17-39)18-40-33(26)28(37)16-24/h4-9,14-16,18-19,25,32,42-44H,10-13H2,1-3H3,(H,40,41)/t32-/m0/s1. The molecule has 238 valence electrons. The third-order valence-electron chi connectivity index (χ3n) is 8.47. The smallest absolute Gasteiger partial charge is 0.137 e. The summed E-state index contributed by atoms with van der Waals surface area (Å²) >= 11 is 16.3. The summed E-state index contributed by atoms with van der Waals surface area (Å²) in [6.07, 6.45) is 5.70. The van der Waals surface area contributed by atoms with Crippen molar-refractivity contribution in [1.29, 1.82) is 5.26 Å². The number of pyridine rings is 1. The number of rotatable bonds is 7. The molecule has 12 heteroatoms. The Balaban J connectivity index is 1.34. The van der Waals surface area contributed by atoms with Gasteiger partial charge in [-0.3, -0.25) is 14.9 Å². The summed E-state index contributed by atoms with van der Waals surface area (Å²) < 4.78 is 14.3. The van der Waals surface area contributed by atoms with Crippen molar-refractivity contribution in [3.8, 4) is 6.07 Å². The average Bonchev–Trinajstić information content (AvgIpc) is 3.52. The second-order valence-corrected chi connectivity index (χ2v) is 14.2. The molecule has 0 unspecified atom stereocenters. The molecule has 1 fully saturated rings. The minimum Gasteiger partial charge on any atom is -0.373 e. The average molecular weight is 725 g/mol. The molecule has 0 amide bonds. The number of hydrogen-bond acceptors (Lipinski definition) is 8. The molecule has 0 aliphatic carbocycles. The van der Waals surface area contributed by atoms with Crippen LogP contribution >= 0.6 is 39.1 Å². The van der Waals surface area contributed by atoms with Crippen LogP contribution in [0.25, 0.3) is 10.9 Å². The van der Waals surface area contributed by atoms with Crippen LogP contribution in [-0.4, -0.2) is 39.6 Å². The van der Waals surface area contributed by atoms with Crippen LogP contribution in [0.2, 0.25) is 10.0 Å². The maximum atomic E-state index is 14.0. The fourth-order valence-electron chi connectivity index (χ4n) is 5.94. The van der Waals surface area contributed by atoms with Crippen LogP contribution in [0.5, 0.6) is 0 Å². The van der Waals surface area contributed by atoms with Crippen molar-refractivity contribution in [1.82, 2.24) is 25.9 Å². The van der Waals surface area contributed by atoms with Gasteiger partial charge in [0.2, 0.25) is 0 Å². The lowest BCUT2D eigenvalue weighted by Crippen LogP contribution is -2.52. The van der Waals surface area contributed by atoms with Gasteiger partial charge >= 0.3 is 0 Å². The predicted octanol–water partition coefficient (Wildman–Crippen LogP) is 8.64. The van der Waals surface area contributed by atoms with E-state index in [0.717, 1.165) is 42.9 Å². The largest absolute Gasteiger partial charge is 0.373 e. The second kappa shape index (κ2) is 13.3.